The predicted octanol–water partition coefficient (Wildman–Crippen LogP) is 1.97. The molecule has 7 nitrogen and oxygen atoms in total. The number of pyridine rings is 1. The van der Waals surface area contributed by atoms with E-state index in [4.69, 9.17) is 4.42 Å². The van der Waals surface area contributed by atoms with Gasteiger partial charge in [0.25, 0.3) is 5.91 Å². The molecule has 3 aromatic heterocycles. The molecule has 0 bridgehead atoms. The van der Waals surface area contributed by atoms with Gasteiger partial charge in [-0.05, 0) is 29.8 Å². The van der Waals surface area contributed by atoms with Gasteiger partial charge in [-0.2, -0.15) is 0 Å². The van der Waals surface area contributed by atoms with Crippen LogP contribution in [0.2, 0.25) is 0 Å². The number of nitrogens with zero attached hydrogens (tertiary/aromatic N) is 4. The van der Waals surface area contributed by atoms with Crippen LogP contribution in [0.15, 0.2) is 59.7 Å². The van der Waals surface area contributed by atoms with Crippen LogP contribution in [0.3, 0.4) is 0 Å². The Hall–Kier alpha value is -3.22. The first kappa shape index (κ1) is 13.7. The van der Waals surface area contributed by atoms with Crippen LogP contribution in [0.4, 0.5) is 5.95 Å². The summed E-state index contributed by atoms with van der Waals surface area (Å²) in [6.45, 7) is 0.541. The molecule has 3 heterocycles. The number of nitrogens with one attached hydrogen (secondary N) is 1. The molecular weight excluding hydrogens is 282 g/mol. The third-order valence-electron chi connectivity index (χ3n) is 2.78. The maximum atomic E-state index is 11.7. The van der Waals surface area contributed by atoms with Crippen molar-refractivity contribution in [3.63, 3.8) is 0 Å². The van der Waals surface area contributed by atoms with E-state index >= 15 is 0 Å². The average molecular weight is 295 g/mol. The molecule has 110 valence electrons. The lowest BCUT2D eigenvalue weighted by atomic mass is 10.3. The highest BCUT2D eigenvalue weighted by Gasteiger charge is 2.04. The Morgan fingerprint density at radius 3 is 3.09 bits per heavy atom. The second kappa shape index (κ2) is 6.49. The molecule has 0 aliphatic carbocycles. The van der Waals surface area contributed by atoms with Gasteiger partial charge in [0.2, 0.25) is 5.95 Å². The Morgan fingerprint density at radius 1 is 1.36 bits per heavy atom. The molecule has 3 rings (SSSR count). The summed E-state index contributed by atoms with van der Waals surface area (Å²) in [7, 11) is 0. The van der Waals surface area contributed by atoms with Gasteiger partial charge in [0.05, 0.1) is 12.8 Å². The number of furan rings is 1. The standard InChI is InChI=1S/C15H13N5O2/c21-14(6-5-13-4-2-8-22-13)18-15-17-11-20(19-15)10-12-3-1-7-16-9-12/h1-9,11H,10H2,(H,18,19,21)/b6-5-. The zero-order valence-electron chi connectivity index (χ0n) is 11.6. The van der Waals surface area contributed by atoms with Gasteiger partial charge in [-0.1, -0.05) is 6.07 Å². The second-order valence-corrected chi connectivity index (χ2v) is 4.47. The fourth-order valence-corrected chi connectivity index (χ4v) is 1.80. The molecule has 0 aliphatic rings. The second-order valence-electron chi connectivity index (χ2n) is 4.47. The number of amides is 1. The van der Waals surface area contributed by atoms with Gasteiger partial charge in [-0.3, -0.25) is 15.1 Å². The Bertz CT molecular complexity index is 762. The summed E-state index contributed by atoms with van der Waals surface area (Å²) in [6, 6.07) is 7.30. The molecule has 0 saturated carbocycles. The Balaban J connectivity index is 1.58. The third kappa shape index (κ3) is 3.66. The first-order chi connectivity index (χ1) is 10.8. The highest BCUT2D eigenvalue weighted by Crippen LogP contribution is 2.04. The van der Waals surface area contributed by atoms with Crippen LogP contribution in [0, 0.1) is 0 Å². The number of carbonyl (C=O) groups excluding carboxylic acids is 1. The summed E-state index contributed by atoms with van der Waals surface area (Å²) in [5.74, 6) is 0.527. The van der Waals surface area contributed by atoms with Crippen molar-refractivity contribution in [1.82, 2.24) is 19.7 Å². The monoisotopic (exact) mass is 295 g/mol. The zero-order chi connectivity index (χ0) is 15.2. The number of anilines is 1. The Labute approximate surface area is 126 Å². The van der Waals surface area contributed by atoms with Crippen LogP contribution in [-0.4, -0.2) is 25.7 Å². The summed E-state index contributed by atoms with van der Waals surface area (Å²) in [5.41, 5.74) is 1.00. The van der Waals surface area contributed by atoms with Crippen molar-refractivity contribution >= 4 is 17.9 Å². The molecule has 7 heteroatoms. The summed E-state index contributed by atoms with van der Waals surface area (Å²) < 4.78 is 6.72. The Morgan fingerprint density at radius 2 is 2.32 bits per heavy atom. The quantitative estimate of drug-likeness (QED) is 0.727. The van der Waals surface area contributed by atoms with E-state index in [2.05, 4.69) is 20.4 Å². The molecule has 0 unspecified atom stereocenters. The largest absolute Gasteiger partial charge is 0.465 e. The fourth-order valence-electron chi connectivity index (χ4n) is 1.80. The molecule has 1 amide bonds. The summed E-state index contributed by atoms with van der Waals surface area (Å²) in [6.07, 6.45) is 9.49. The molecule has 0 atom stereocenters. The number of rotatable bonds is 5. The van der Waals surface area contributed by atoms with E-state index in [0.29, 0.717) is 12.3 Å². The summed E-state index contributed by atoms with van der Waals surface area (Å²) in [5, 5.41) is 6.76. The topological polar surface area (TPSA) is 85.8 Å². The molecule has 0 aromatic carbocycles. The summed E-state index contributed by atoms with van der Waals surface area (Å²) in [4.78, 5) is 19.8. The molecule has 1 N–H and O–H groups in total. The maximum Gasteiger partial charge on any atom is 0.250 e. The van der Waals surface area contributed by atoms with Crippen molar-refractivity contribution in [3.8, 4) is 0 Å². The fraction of sp³-hybridized carbons (Fsp3) is 0.0667. The van der Waals surface area contributed by atoms with Gasteiger partial charge in [-0.25, -0.2) is 9.67 Å². The minimum absolute atomic E-state index is 0.248. The lowest BCUT2D eigenvalue weighted by Crippen LogP contribution is -2.10. The molecule has 0 saturated heterocycles. The van der Waals surface area contributed by atoms with E-state index in [1.807, 2.05) is 12.1 Å². The minimum atomic E-state index is -0.324. The van der Waals surface area contributed by atoms with E-state index in [-0.39, 0.29) is 11.9 Å². The number of hydrogen-bond acceptors (Lipinski definition) is 5. The van der Waals surface area contributed by atoms with Crippen molar-refractivity contribution in [2.24, 2.45) is 0 Å². The van der Waals surface area contributed by atoms with Crippen molar-refractivity contribution < 1.29 is 9.21 Å². The van der Waals surface area contributed by atoms with E-state index in [0.717, 1.165) is 5.56 Å². The van der Waals surface area contributed by atoms with Crippen molar-refractivity contribution in [1.29, 1.82) is 0 Å². The van der Waals surface area contributed by atoms with E-state index in [9.17, 15) is 4.79 Å². The number of aromatic nitrogens is 4. The van der Waals surface area contributed by atoms with Gasteiger partial charge in [-0.15, -0.1) is 5.10 Å². The van der Waals surface area contributed by atoms with Crippen LogP contribution in [0.1, 0.15) is 11.3 Å². The van der Waals surface area contributed by atoms with Gasteiger partial charge in [0, 0.05) is 18.5 Å². The minimum Gasteiger partial charge on any atom is -0.465 e. The molecule has 22 heavy (non-hydrogen) atoms. The molecule has 0 spiro atoms. The molecular formula is C15H13N5O2. The Kier molecular flexibility index (Phi) is 4.05. The van der Waals surface area contributed by atoms with Crippen molar-refractivity contribution in [3.05, 3.63) is 66.6 Å². The lowest BCUT2D eigenvalue weighted by molar-refractivity contribution is -0.111. The molecule has 0 aliphatic heterocycles. The number of hydrogen-bond donors (Lipinski definition) is 1. The van der Waals surface area contributed by atoms with Crippen LogP contribution >= 0.6 is 0 Å². The van der Waals surface area contributed by atoms with Gasteiger partial charge in [0.15, 0.2) is 0 Å². The van der Waals surface area contributed by atoms with E-state index in [1.165, 1.54) is 6.08 Å². The van der Waals surface area contributed by atoms with Crippen molar-refractivity contribution in [2.75, 3.05) is 5.32 Å². The van der Waals surface area contributed by atoms with Gasteiger partial charge >= 0.3 is 0 Å². The zero-order valence-corrected chi connectivity index (χ0v) is 11.6. The SMILES string of the molecule is O=C(/C=C\c1ccco1)Nc1ncn(Cc2cccnc2)n1. The molecule has 3 aromatic rings. The first-order valence-corrected chi connectivity index (χ1v) is 6.60. The molecule has 0 fully saturated rings. The van der Waals surface area contributed by atoms with E-state index < -0.39 is 0 Å². The maximum absolute atomic E-state index is 11.7. The predicted molar refractivity (Wildman–Crippen MR) is 79.7 cm³/mol. The van der Waals surface area contributed by atoms with Crippen LogP contribution in [0.5, 0.6) is 0 Å². The van der Waals surface area contributed by atoms with Crippen LogP contribution in [-0.2, 0) is 11.3 Å². The van der Waals surface area contributed by atoms with Crippen molar-refractivity contribution in [2.45, 2.75) is 6.54 Å². The highest BCUT2D eigenvalue weighted by atomic mass is 16.3. The first-order valence-electron chi connectivity index (χ1n) is 6.60. The normalized spacial score (nSPS) is 10.9. The smallest absolute Gasteiger partial charge is 0.250 e. The van der Waals surface area contributed by atoms with Gasteiger partial charge < -0.3 is 4.42 Å². The number of carbonyl (C=O) groups is 1. The lowest BCUT2D eigenvalue weighted by Gasteiger charge is -1.99. The summed E-state index contributed by atoms with van der Waals surface area (Å²) >= 11 is 0. The van der Waals surface area contributed by atoms with Crippen LogP contribution in [0.25, 0.3) is 6.08 Å². The highest BCUT2D eigenvalue weighted by molar-refractivity contribution is 6.00. The van der Waals surface area contributed by atoms with E-state index in [1.54, 1.807) is 47.9 Å². The third-order valence-corrected chi connectivity index (χ3v) is 2.78. The van der Waals surface area contributed by atoms with Crippen LogP contribution < -0.4 is 5.32 Å². The molecule has 0 radical (unpaired) electrons. The average Bonchev–Trinajstić information content (AvgIpc) is 3.18. The van der Waals surface area contributed by atoms with Gasteiger partial charge in [0.1, 0.15) is 12.1 Å².